The van der Waals surface area contributed by atoms with Crippen LogP contribution in [0.15, 0.2) is 48.8 Å². The zero-order valence-corrected chi connectivity index (χ0v) is 20.9. The van der Waals surface area contributed by atoms with Crippen LogP contribution in [0, 0.1) is 5.92 Å². The monoisotopic (exact) mass is 502 g/mol. The highest BCUT2D eigenvalue weighted by atomic mass is 32.1. The number of imide groups is 1. The lowest BCUT2D eigenvalue weighted by Gasteiger charge is -2.28. The normalized spacial score (nSPS) is 15.1. The minimum Gasteiger partial charge on any atom is -0.348 e. The molecule has 0 spiro atoms. The second-order valence-electron chi connectivity index (χ2n) is 9.31. The molecule has 0 fully saturated rings. The summed E-state index contributed by atoms with van der Waals surface area (Å²) in [5.74, 6) is -2.04. The fourth-order valence-corrected chi connectivity index (χ4v) is 6.16. The Morgan fingerprint density at radius 3 is 2.42 bits per heavy atom. The van der Waals surface area contributed by atoms with Gasteiger partial charge in [-0.3, -0.25) is 29.1 Å². The Labute approximate surface area is 212 Å². The van der Waals surface area contributed by atoms with Crippen LogP contribution in [0.4, 0.5) is 5.00 Å². The van der Waals surface area contributed by atoms with Crippen molar-refractivity contribution in [3.8, 4) is 0 Å². The minimum atomic E-state index is -1.01. The molecule has 0 radical (unpaired) electrons. The molecule has 3 aromatic rings. The smallest absolute Gasteiger partial charge is 0.262 e. The van der Waals surface area contributed by atoms with E-state index in [4.69, 9.17) is 0 Å². The van der Waals surface area contributed by atoms with E-state index in [1.807, 2.05) is 6.07 Å². The number of benzene rings is 1. The van der Waals surface area contributed by atoms with Crippen molar-refractivity contribution in [2.75, 3.05) is 5.32 Å². The molecule has 1 unspecified atom stereocenters. The number of carbonyl (C=O) groups is 4. The number of fused-ring (bicyclic) bond motifs is 2. The zero-order chi connectivity index (χ0) is 25.4. The second kappa shape index (κ2) is 9.66. The van der Waals surface area contributed by atoms with Crippen LogP contribution in [0.3, 0.4) is 0 Å². The fraction of sp³-hybridized carbons (Fsp3) is 0.296. The third kappa shape index (κ3) is 4.19. The van der Waals surface area contributed by atoms with Crippen LogP contribution >= 0.6 is 11.3 Å². The number of pyridine rings is 1. The van der Waals surface area contributed by atoms with E-state index in [1.54, 1.807) is 56.6 Å². The van der Waals surface area contributed by atoms with Crippen LogP contribution in [0.1, 0.15) is 67.3 Å². The van der Waals surface area contributed by atoms with E-state index in [9.17, 15) is 19.2 Å². The Morgan fingerprint density at radius 1 is 1.06 bits per heavy atom. The van der Waals surface area contributed by atoms with Gasteiger partial charge >= 0.3 is 0 Å². The standard InChI is InChI=1S/C27H26N4O4S/c1-15(2)22(31-26(34)17-8-3-4-9-18(17)27(31)35)24(33)30-25-21(19-10-5-11-20(19)36-25)23(32)29-14-16-7-6-12-28-13-16/h3-4,6-9,12-13,15,22H,5,10-11,14H2,1-2H3,(H,29,32)(H,30,33). The van der Waals surface area contributed by atoms with Gasteiger partial charge in [0.2, 0.25) is 5.91 Å². The van der Waals surface area contributed by atoms with Crippen molar-refractivity contribution in [2.24, 2.45) is 5.92 Å². The maximum Gasteiger partial charge on any atom is 0.262 e. The minimum absolute atomic E-state index is 0.268. The summed E-state index contributed by atoms with van der Waals surface area (Å²) in [7, 11) is 0. The molecule has 2 N–H and O–H groups in total. The SMILES string of the molecule is CC(C)C(C(=O)Nc1sc2c(c1C(=O)NCc1cccnc1)CCC2)N1C(=O)c2ccccc2C1=O. The molecule has 8 nitrogen and oxygen atoms in total. The van der Waals surface area contributed by atoms with E-state index in [1.165, 1.54) is 11.3 Å². The summed E-state index contributed by atoms with van der Waals surface area (Å²) in [5.41, 5.74) is 2.89. The van der Waals surface area contributed by atoms with Crippen LogP contribution in [0.5, 0.6) is 0 Å². The first-order valence-corrected chi connectivity index (χ1v) is 12.8. The molecule has 1 atom stereocenters. The third-order valence-electron chi connectivity index (χ3n) is 6.56. The first kappa shape index (κ1) is 23.9. The highest BCUT2D eigenvalue weighted by molar-refractivity contribution is 7.17. The molecule has 0 saturated heterocycles. The first-order valence-electron chi connectivity index (χ1n) is 12.0. The molecule has 0 saturated carbocycles. The van der Waals surface area contributed by atoms with Gasteiger partial charge in [-0.1, -0.05) is 32.0 Å². The lowest BCUT2D eigenvalue weighted by atomic mass is 10.0. The van der Waals surface area contributed by atoms with Crippen molar-refractivity contribution >= 4 is 40.0 Å². The second-order valence-corrected chi connectivity index (χ2v) is 10.4. The number of nitrogens with zero attached hydrogens (tertiary/aromatic N) is 2. The van der Waals surface area contributed by atoms with Crippen LogP contribution in [0.25, 0.3) is 0 Å². The van der Waals surface area contributed by atoms with E-state index >= 15 is 0 Å². The topological polar surface area (TPSA) is 108 Å². The van der Waals surface area contributed by atoms with Gasteiger partial charge in [0.25, 0.3) is 17.7 Å². The Balaban J connectivity index is 1.40. The Morgan fingerprint density at radius 2 is 1.78 bits per heavy atom. The lowest BCUT2D eigenvalue weighted by Crippen LogP contribution is -2.50. The molecular weight excluding hydrogens is 476 g/mol. The Bertz CT molecular complexity index is 1330. The summed E-state index contributed by atoms with van der Waals surface area (Å²) in [6.07, 6.45) is 5.94. The number of aryl methyl sites for hydroxylation is 1. The fourth-order valence-electron chi connectivity index (χ4n) is 4.87. The summed E-state index contributed by atoms with van der Waals surface area (Å²) in [4.78, 5) is 59.2. The maximum atomic E-state index is 13.6. The molecule has 2 aliphatic rings. The molecule has 1 aromatic carbocycles. The number of anilines is 1. The maximum absolute atomic E-state index is 13.6. The Hall–Kier alpha value is -3.85. The van der Waals surface area contributed by atoms with E-state index in [-0.39, 0.29) is 11.8 Å². The molecule has 3 heterocycles. The average Bonchev–Trinajstić information content (AvgIpc) is 3.52. The number of rotatable bonds is 7. The van der Waals surface area contributed by atoms with E-state index < -0.39 is 23.8 Å². The van der Waals surface area contributed by atoms with Gasteiger partial charge < -0.3 is 10.6 Å². The molecule has 5 rings (SSSR count). The molecule has 9 heteroatoms. The van der Waals surface area contributed by atoms with Crippen LogP contribution in [-0.2, 0) is 24.2 Å². The number of thiophene rings is 1. The quantitative estimate of drug-likeness (QED) is 0.478. The largest absolute Gasteiger partial charge is 0.348 e. The number of hydrogen-bond acceptors (Lipinski definition) is 6. The third-order valence-corrected chi connectivity index (χ3v) is 7.77. The number of nitrogens with one attached hydrogen (secondary N) is 2. The first-order chi connectivity index (χ1) is 17.4. The van der Waals surface area contributed by atoms with Crippen molar-refractivity contribution in [3.63, 3.8) is 0 Å². The van der Waals surface area contributed by atoms with Crippen molar-refractivity contribution in [1.82, 2.24) is 15.2 Å². The number of aromatic nitrogens is 1. The number of hydrogen-bond donors (Lipinski definition) is 2. The van der Waals surface area contributed by atoms with Gasteiger partial charge in [0.05, 0.1) is 16.7 Å². The summed E-state index contributed by atoms with van der Waals surface area (Å²) >= 11 is 1.39. The lowest BCUT2D eigenvalue weighted by molar-refractivity contribution is -0.121. The van der Waals surface area contributed by atoms with Crippen molar-refractivity contribution in [1.29, 1.82) is 0 Å². The van der Waals surface area contributed by atoms with E-state index in [0.29, 0.717) is 28.2 Å². The highest BCUT2D eigenvalue weighted by Gasteiger charge is 2.44. The van der Waals surface area contributed by atoms with E-state index in [2.05, 4.69) is 15.6 Å². The van der Waals surface area contributed by atoms with Gasteiger partial charge in [-0.05, 0) is 54.5 Å². The molecule has 4 amide bonds. The Kier molecular flexibility index (Phi) is 6.40. The van der Waals surface area contributed by atoms with Gasteiger partial charge in [-0.2, -0.15) is 0 Å². The summed E-state index contributed by atoms with van der Waals surface area (Å²) in [6, 6.07) is 9.26. The average molecular weight is 503 g/mol. The summed E-state index contributed by atoms with van der Waals surface area (Å²) in [5, 5.41) is 6.30. The molecule has 2 aromatic heterocycles. The van der Waals surface area contributed by atoms with Gasteiger partial charge in [-0.15, -0.1) is 11.3 Å². The summed E-state index contributed by atoms with van der Waals surface area (Å²) in [6.45, 7) is 3.90. The van der Waals surface area contributed by atoms with Crippen LogP contribution in [-0.4, -0.2) is 39.6 Å². The van der Waals surface area contributed by atoms with Crippen LogP contribution in [0.2, 0.25) is 0 Å². The molecule has 1 aliphatic heterocycles. The highest BCUT2D eigenvalue weighted by Crippen LogP contribution is 2.39. The number of amides is 4. The van der Waals surface area contributed by atoms with Crippen molar-refractivity contribution in [2.45, 2.75) is 45.7 Å². The predicted octanol–water partition coefficient (Wildman–Crippen LogP) is 3.82. The number of carbonyl (C=O) groups excluding carboxylic acids is 4. The van der Waals surface area contributed by atoms with Gasteiger partial charge in [-0.25, -0.2) is 0 Å². The van der Waals surface area contributed by atoms with E-state index in [0.717, 1.165) is 40.2 Å². The van der Waals surface area contributed by atoms with Gasteiger partial charge in [0.1, 0.15) is 11.0 Å². The molecule has 0 bridgehead atoms. The molecular formula is C27H26N4O4S. The van der Waals surface area contributed by atoms with Crippen molar-refractivity contribution < 1.29 is 19.2 Å². The molecule has 1 aliphatic carbocycles. The van der Waals surface area contributed by atoms with Gasteiger partial charge in [0, 0.05) is 23.8 Å². The molecule has 184 valence electrons. The predicted molar refractivity (Wildman–Crippen MR) is 136 cm³/mol. The molecule has 36 heavy (non-hydrogen) atoms. The summed E-state index contributed by atoms with van der Waals surface area (Å²) < 4.78 is 0. The zero-order valence-electron chi connectivity index (χ0n) is 20.0. The van der Waals surface area contributed by atoms with Crippen molar-refractivity contribution in [3.05, 3.63) is 81.5 Å². The van der Waals surface area contributed by atoms with Gasteiger partial charge in [0.15, 0.2) is 0 Å². The van der Waals surface area contributed by atoms with Crippen LogP contribution < -0.4 is 10.6 Å².